The van der Waals surface area contributed by atoms with Crippen LogP contribution < -0.4 is 10.3 Å². The summed E-state index contributed by atoms with van der Waals surface area (Å²) in [6.45, 7) is 4.16. The van der Waals surface area contributed by atoms with Gasteiger partial charge in [0.05, 0.1) is 11.3 Å². The number of carbonyl (C=O) groups excluding carboxylic acids is 1. The zero-order chi connectivity index (χ0) is 17.5. The van der Waals surface area contributed by atoms with Crippen LogP contribution in [0.3, 0.4) is 0 Å². The molecule has 0 atom stereocenters. The van der Waals surface area contributed by atoms with E-state index in [4.69, 9.17) is 0 Å². The van der Waals surface area contributed by atoms with Gasteiger partial charge in [0.15, 0.2) is 0 Å². The van der Waals surface area contributed by atoms with Crippen LogP contribution >= 0.6 is 0 Å². The Kier molecular flexibility index (Phi) is 5.77. The Balaban J connectivity index is 1.63. The Bertz CT molecular complexity index is 717. The van der Waals surface area contributed by atoms with Crippen LogP contribution in [0.25, 0.3) is 0 Å². The van der Waals surface area contributed by atoms with Crippen molar-refractivity contribution in [1.29, 1.82) is 0 Å². The minimum atomic E-state index is -0.256. The molecule has 1 N–H and O–H groups in total. The van der Waals surface area contributed by atoms with Gasteiger partial charge in [0.2, 0.25) is 0 Å². The van der Waals surface area contributed by atoms with Gasteiger partial charge in [-0.25, -0.2) is 5.43 Å². The third-order valence-electron chi connectivity index (χ3n) is 4.51. The first-order chi connectivity index (χ1) is 12.2. The summed E-state index contributed by atoms with van der Waals surface area (Å²) >= 11 is 0. The van der Waals surface area contributed by atoms with Crippen molar-refractivity contribution in [1.82, 2.24) is 10.4 Å². The van der Waals surface area contributed by atoms with Gasteiger partial charge in [-0.2, -0.15) is 5.10 Å². The molecule has 2 aromatic rings. The second-order valence-electron chi connectivity index (χ2n) is 6.33. The number of hydrogen-bond acceptors (Lipinski definition) is 4. The van der Waals surface area contributed by atoms with Gasteiger partial charge in [-0.05, 0) is 49.6 Å². The molecule has 130 valence electrons. The predicted molar refractivity (Wildman–Crippen MR) is 101 cm³/mol. The molecule has 1 aliphatic rings. The molecular weight excluding hydrogens is 312 g/mol. The monoisotopic (exact) mass is 336 g/mol. The van der Waals surface area contributed by atoms with Gasteiger partial charge in [0, 0.05) is 31.2 Å². The Hall–Kier alpha value is -2.69. The Morgan fingerprint density at radius 1 is 1.04 bits per heavy atom. The molecule has 0 bridgehead atoms. The molecule has 1 fully saturated rings. The molecule has 0 unspecified atom stereocenters. The molecule has 1 aromatic carbocycles. The van der Waals surface area contributed by atoms with E-state index in [2.05, 4.69) is 44.7 Å². The van der Waals surface area contributed by atoms with Crippen LogP contribution in [-0.2, 0) is 0 Å². The van der Waals surface area contributed by atoms with E-state index in [9.17, 15) is 4.79 Å². The molecule has 1 aliphatic heterocycles. The maximum absolute atomic E-state index is 12.0. The number of anilines is 1. The predicted octanol–water partition coefficient (Wildman–Crippen LogP) is 3.62. The molecule has 3 rings (SSSR count). The summed E-state index contributed by atoms with van der Waals surface area (Å²) in [5.41, 5.74) is 6.12. The fourth-order valence-electron chi connectivity index (χ4n) is 3.00. The minimum Gasteiger partial charge on any atom is -0.372 e. The Morgan fingerprint density at radius 3 is 2.40 bits per heavy atom. The molecule has 1 amide bonds. The number of nitrogens with one attached hydrogen (secondary N) is 1. The first-order valence-electron chi connectivity index (χ1n) is 8.84. The van der Waals surface area contributed by atoms with E-state index in [-0.39, 0.29) is 5.91 Å². The quantitative estimate of drug-likeness (QED) is 0.685. The van der Waals surface area contributed by atoms with E-state index in [1.54, 1.807) is 18.3 Å². The number of amides is 1. The van der Waals surface area contributed by atoms with Gasteiger partial charge in [-0.1, -0.05) is 25.0 Å². The number of nitrogens with zero attached hydrogens (tertiary/aromatic N) is 3. The van der Waals surface area contributed by atoms with E-state index >= 15 is 0 Å². The average molecular weight is 336 g/mol. The van der Waals surface area contributed by atoms with Crippen molar-refractivity contribution in [2.45, 2.75) is 32.6 Å². The van der Waals surface area contributed by atoms with Crippen molar-refractivity contribution in [3.8, 4) is 0 Å². The number of aromatic nitrogens is 1. The molecule has 1 saturated heterocycles. The van der Waals surface area contributed by atoms with Gasteiger partial charge in [-0.15, -0.1) is 0 Å². The largest absolute Gasteiger partial charge is 0.372 e. The molecule has 25 heavy (non-hydrogen) atoms. The van der Waals surface area contributed by atoms with Crippen LogP contribution in [0.2, 0.25) is 0 Å². The lowest BCUT2D eigenvalue weighted by Gasteiger charge is -2.22. The van der Waals surface area contributed by atoms with Crippen LogP contribution in [0.15, 0.2) is 53.9 Å². The molecule has 1 aromatic heterocycles. The lowest BCUT2D eigenvalue weighted by molar-refractivity contribution is 0.0954. The van der Waals surface area contributed by atoms with Crippen molar-refractivity contribution in [2.24, 2.45) is 5.10 Å². The highest BCUT2D eigenvalue weighted by molar-refractivity contribution is 6.01. The molecule has 0 saturated carbocycles. The molecular formula is C20H24N4O. The van der Waals surface area contributed by atoms with Crippen molar-refractivity contribution >= 4 is 17.3 Å². The number of rotatable bonds is 4. The van der Waals surface area contributed by atoms with E-state index < -0.39 is 0 Å². The summed E-state index contributed by atoms with van der Waals surface area (Å²) in [7, 11) is 0. The average Bonchev–Trinajstić information content (AvgIpc) is 2.96. The lowest BCUT2D eigenvalue weighted by atomic mass is 10.1. The second-order valence-corrected chi connectivity index (χ2v) is 6.33. The highest BCUT2D eigenvalue weighted by Crippen LogP contribution is 2.20. The van der Waals surface area contributed by atoms with E-state index in [1.807, 2.05) is 6.92 Å². The van der Waals surface area contributed by atoms with E-state index in [0.29, 0.717) is 5.56 Å². The molecule has 2 heterocycles. The third-order valence-corrected chi connectivity index (χ3v) is 4.51. The summed E-state index contributed by atoms with van der Waals surface area (Å²) < 4.78 is 0. The summed E-state index contributed by atoms with van der Waals surface area (Å²) in [6.07, 6.45) is 8.35. The molecule has 0 spiro atoms. The van der Waals surface area contributed by atoms with Crippen LogP contribution in [0.5, 0.6) is 0 Å². The van der Waals surface area contributed by atoms with Crippen LogP contribution in [0, 0.1) is 0 Å². The maximum atomic E-state index is 12.0. The number of benzene rings is 1. The summed E-state index contributed by atoms with van der Waals surface area (Å²) in [4.78, 5) is 18.4. The van der Waals surface area contributed by atoms with Crippen LogP contribution in [0.4, 0.5) is 5.69 Å². The highest BCUT2D eigenvalue weighted by Gasteiger charge is 2.10. The summed E-state index contributed by atoms with van der Waals surface area (Å²) in [6, 6.07) is 11.9. The molecule has 0 radical (unpaired) electrons. The Labute approximate surface area is 148 Å². The first-order valence-corrected chi connectivity index (χ1v) is 8.84. The van der Waals surface area contributed by atoms with Gasteiger partial charge in [0.1, 0.15) is 0 Å². The third kappa shape index (κ3) is 4.66. The van der Waals surface area contributed by atoms with Crippen LogP contribution in [0.1, 0.15) is 48.5 Å². The van der Waals surface area contributed by atoms with Gasteiger partial charge in [0.25, 0.3) is 5.91 Å². The lowest BCUT2D eigenvalue weighted by Crippen LogP contribution is -2.23. The van der Waals surface area contributed by atoms with Crippen molar-refractivity contribution in [3.63, 3.8) is 0 Å². The summed E-state index contributed by atoms with van der Waals surface area (Å²) in [5, 5.41) is 4.20. The smallest absolute Gasteiger partial charge is 0.272 e. The van der Waals surface area contributed by atoms with Gasteiger partial charge in [-0.3, -0.25) is 9.78 Å². The fraction of sp³-hybridized carbons (Fsp3) is 0.350. The van der Waals surface area contributed by atoms with Crippen LogP contribution in [-0.4, -0.2) is 29.7 Å². The second kappa shape index (κ2) is 8.42. The van der Waals surface area contributed by atoms with Gasteiger partial charge >= 0.3 is 0 Å². The Morgan fingerprint density at radius 2 is 1.76 bits per heavy atom. The van der Waals surface area contributed by atoms with Crippen molar-refractivity contribution in [2.75, 3.05) is 18.0 Å². The highest BCUT2D eigenvalue weighted by atomic mass is 16.2. The molecule has 5 nitrogen and oxygen atoms in total. The maximum Gasteiger partial charge on any atom is 0.272 e. The number of carbonyl (C=O) groups is 1. The topological polar surface area (TPSA) is 57.6 Å². The number of pyridine rings is 1. The van der Waals surface area contributed by atoms with Gasteiger partial charge < -0.3 is 4.90 Å². The standard InChI is InChI=1S/C20H24N4O/c1-16(22-23-20(25)18-7-6-12-21-15-18)17-8-10-19(11-9-17)24-13-4-2-3-5-14-24/h6-12,15H,2-5,13-14H2,1H3,(H,23,25)/b22-16+. The molecule has 5 heteroatoms. The zero-order valence-electron chi connectivity index (χ0n) is 14.6. The molecule has 0 aliphatic carbocycles. The fourth-order valence-corrected chi connectivity index (χ4v) is 3.00. The first kappa shape index (κ1) is 17.1. The van der Waals surface area contributed by atoms with E-state index in [1.165, 1.54) is 37.6 Å². The van der Waals surface area contributed by atoms with Crippen molar-refractivity contribution < 1.29 is 4.79 Å². The number of hydrogen-bond donors (Lipinski definition) is 1. The summed E-state index contributed by atoms with van der Waals surface area (Å²) in [5.74, 6) is -0.256. The van der Waals surface area contributed by atoms with Crippen molar-refractivity contribution in [3.05, 3.63) is 59.9 Å². The minimum absolute atomic E-state index is 0.256. The van der Waals surface area contributed by atoms with E-state index in [0.717, 1.165) is 24.4 Å². The SMILES string of the molecule is C/C(=N\NC(=O)c1cccnc1)c1ccc(N2CCCCCC2)cc1. The normalized spacial score (nSPS) is 15.6. The number of hydrazone groups is 1. The zero-order valence-corrected chi connectivity index (χ0v) is 14.6.